The molecule has 1 saturated heterocycles. The molecule has 1 heterocycles. The molecule has 1 aliphatic carbocycles. The lowest BCUT2D eigenvalue weighted by Gasteiger charge is -2.31. The summed E-state index contributed by atoms with van der Waals surface area (Å²) in [6.45, 7) is 0.968. The van der Waals surface area contributed by atoms with Crippen LogP contribution in [0.4, 0.5) is 4.79 Å². The van der Waals surface area contributed by atoms with Crippen LogP contribution < -0.4 is 5.32 Å². The molecule has 1 atom stereocenters. The van der Waals surface area contributed by atoms with Gasteiger partial charge in [-0.05, 0) is 36.8 Å². The third-order valence-electron chi connectivity index (χ3n) is 4.44. The molecule has 0 spiro atoms. The summed E-state index contributed by atoms with van der Waals surface area (Å²) in [4.78, 5) is 25.0. The zero-order valence-electron chi connectivity index (χ0n) is 11.9. The van der Waals surface area contributed by atoms with Gasteiger partial charge >= 0.3 is 12.0 Å². The van der Waals surface area contributed by atoms with Gasteiger partial charge in [0.15, 0.2) is 0 Å². The van der Waals surface area contributed by atoms with Crippen molar-refractivity contribution in [2.75, 3.05) is 13.1 Å². The van der Waals surface area contributed by atoms with Gasteiger partial charge in [0, 0.05) is 19.1 Å². The van der Waals surface area contributed by atoms with Crippen LogP contribution in [0, 0.1) is 5.92 Å². The molecule has 1 aromatic rings. The van der Waals surface area contributed by atoms with Gasteiger partial charge in [0.1, 0.15) is 0 Å². The minimum Gasteiger partial charge on any atom is -0.481 e. The summed E-state index contributed by atoms with van der Waals surface area (Å²) in [5, 5.41) is 12.1. The Morgan fingerprint density at radius 1 is 1.19 bits per heavy atom. The van der Waals surface area contributed by atoms with Gasteiger partial charge in [-0.2, -0.15) is 0 Å². The number of hydrogen-bond acceptors (Lipinski definition) is 2. The van der Waals surface area contributed by atoms with Crippen molar-refractivity contribution in [2.45, 2.75) is 31.7 Å². The standard InChI is InChI=1S/C16H20N2O3/c19-15(20)13-6-3-7-18(10-13)16(21)17-14-8-11-4-1-2-5-12(11)9-14/h1-2,4-5,13-14H,3,6-10H2,(H,17,21)(H,19,20)/t13-/m0/s1. The molecule has 5 nitrogen and oxygen atoms in total. The predicted octanol–water partition coefficient (Wildman–Crippen LogP) is 1.66. The number of nitrogens with zero attached hydrogens (tertiary/aromatic N) is 1. The molecule has 0 unspecified atom stereocenters. The molecule has 0 saturated carbocycles. The fourth-order valence-electron chi connectivity index (χ4n) is 3.29. The molecule has 1 aromatic carbocycles. The third kappa shape index (κ3) is 3.01. The number of amides is 2. The normalized spacial score (nSPS) is 21.9. The SMILES string of the molecule is O=C(O)[C@H]1CCCN(C(=O)NC2Cc3ccccc3C2)C1. The van der Waals surface area contributed by atoms with Crippen LogP contribution in [-0.4, -0.2) is 41.1 Å². The molecule has 1 fully saturated rings. The Labute approximate surface area is 123 Å². The van der Waals surface area contributed by atoms with E-state index < -0.39 is 11.9 Å². The molecule has 2 N–H and O–H groups in total. The van der Waals surface area contributed by atoms with Crippen molar-refractivity contribution >= 4 is 12.0 Å². The minimum atomic E-state index is -0.805. The smallest absolute Gasteiger partial charge is 0.317 e. The Balaban J connectivity index is 1.57. The largest absolute Gasteiger partial charge is 0.481 e. The van der Waals surface area contributed by atoms with Crippen molar-refractivity contribution in [3.05, 3.63) is 35.4 Å². The Kier molecular flexibility index (Phi) is 3.82. The van der Waals surface area contributed by atoms with E-state index in [4.69, 9.17) is 5.11 Å². The lowest BCUT2D eigenvalue weighted by atomic mass is 9.99. The summed E-state index contributed by atoms with van der Waals surface area (Å²) in [5.74, 6) is -1.23. The molecule has 1 aliphatic heterocycles. The second kappa shape index (κ2) is 5.76. The van der Waals surface area contributed by atoms with Gasteiger partial charge in [0.25, 0.3) is 0 Å². The number of carbonyl (C=O) groups is 2. The first-order chi connectivity index (χ1) is 10.1. The Morgan fingerprint density at radius 2 is 1.86 bits per heavy atom. The number of likely N-dealkylation sites (tertiary alicyclic amines) is 1. The number of rotatable bonds is 2. The minimum absolute atomic E-state index is 0.125. The zero-order valence-corrected chi connectivity index (χ0v) is 11.9. The molecule has 2 aliphatic rings. The first-order valence-electron chi connectivity index (χ1n) is 7.48. The monoisotopic (exact) mass is 288 g/mol. The zero-order chi connectivity index (χ0) is 14.8. The highest BCUT2D eigenvalue weighted by molar-refractivity contribution is 5.77. The highest BCUT2D eigenvalue weighted by Gasteiger charge is 2.30. The average molecular weight is 288 g/mol. The van der Waals surface area contributed by atoms with Gasteiger partial charge in [-0.1, -0.05) is 24.3 Å². The molecule has 112 valence electrons. The van der Waals surface area contributed by atoms with E-state index in [1.54, 1.807) is 4.90 Å². The number of carboxylic acid groups (broad SMARTS) is 1. The van der Waals surface area contributed by atoms with Crippen molar-refractivity contribution in [3.8, 4) is 0 Å². The summed E-state index contributed by atoms with van der Waals surface area (Å²) in [6, 6.07) is 8.24. The van der Waals surface area contributed by atoms with Gasteiger partial charge in [-0.25, -0.2) is 4.79 Å². The van der Waals surface area contributed by atoms with Crippen LogP contribution in [-0.2, 0) is 17.6 Å². The highest BCUT2D eigenvalue weighted by atomic mass is 16.4. The Hall–Kier alpha value is -2.04. The molecule has 0 aromatic heterocycles. The third-order valence-corrected chi connectivity index (χ3v) is 4.44. The first kappa shape index (κ1) is 13.9. The summed E-state index contributed by atoms with van der Waals surface area (Å²) in [5.41, 5.74) is 2.59. The maximum absolute atomic E-state index is 12.3. The maximum Gasteiger partial charge on any atom is 0.317 e. The van der Waals surface area contributed by atoms with Gasteiger partial charge in [0.2, 0.25) is 0 Å². The maximum atomic E-state index is 12.3. The van der Waals surface area contributed by atoms with Crippen LogP contribution in [0.15, 0.2) is 24.3 Å². The van der Waals surface area contributed by atoms with Gasteiger partial charge in [0.05, 0.1) is 5.92 Å². The number of hydrogen-bond donors (Lipinski definition) is 2. The van der Waals surface area contributed by atoms with Crippen LogP contribution in [0.25, 0.3) is 0 Å². The molecule has 21 heavy (non-hydrogen) atoms. The molecular formula is C16H20N2O3. The van der Waals surface area contributed by atoms with Crippen molar-refractivity contribution in [1.82, 2.24) is 10.2 Å². The Bertz CT molecular complexity index is 533. The number of nitrogens with one attached hydrogen (secondary N) is 1. The molecule has 5 heteroatoms. The first-order valence-corrected chi connectivity index (χ1v) is 7.48. The molecule has 0 bridgehead atoms. The van der Waals surface area contributed by atoms with E-state index in [-0.39, 0.29) is 12.1 Å². The lowest BCUT2D eigenvalue weighted by molar-refractivity contribution is -0.143. The fourth-order valence-corrected chi connectivity index (χ4v) is 3.29. The second-order valence-electron chi connectivity index (χ2n) is 5.95. The number of urea groups is 1. The van der Waals surface area contributed by atoms with E-state index >= 15 is 0 Å². The summed E-state index contributed by atoms with van der Waals surface area (Å²) >= 11 is 0. The average Bonchev–Trinajstić information content (AvgIpc) is 2.89. The van der Waals surface area contributed by atoms with E-state index in [2.05, 4.69) is 17.4 Å². The van der Waals surface area contributed by atoms with E-state index in [1.165, 1.54) is 11.1 Å². The van der Waals surface area contributed by atoms with E-state index in [0.29, 0.717) is 19.5 Å². The van der Waals surface area contributed by atoms with Crippen LogP contribution in [0.1, 0.15) is 24.0 Å². The van der Waals surface area contributed by atoms with Crippen LogP contribution in [0.3, 0.4) is 0 Å². The number of piperidine rings is 1. The fraction of sp³-hybridized carbons (Fsp3) is 0.500. The van der Waals surface area contributed by atoms with E-state index in [1.807, 2.05) is 12.1 Å². The lowest BCUT2D eigenvalue weighted by Crippen LogP contribution is -2.50. The molecular weight excluding hydrogens is 268 g/mol. The van der Waals surface area contributed by atoms with Crippen molar-refractivity contribution < 1.29 is 14.7 Å². The van der Waals surface area contributed by atoms with Crippen molar-refractivity contribution in [2.24, 2.45) is 5.92 Å². The molecule has 0 radical (unpaired) electrons. The van der Waals surface area contributed by atoms with E-state index in [0.717, 1.165) is 19.3 Å². The van der Waals surface area contributed by atoms with Crippen LogP contribution in [0.2, 0.25) is 0 Å². The number of benzene rings is 1. The quantitative estimate of drug-likeness (QED) is 0.869. The highest BCUT2D eigenvalue weighted by Crippen LogP contribution is 2.22. The summed E-state index contributed by atoms with van der Waals surface area (Å²) < 4.78 is 0. The van der Waals surface area contributed by atoms with Crippen LogP contribution in [0.5, 0.6) is 0 Å². The Morgan fingerprint density at radius 3 is 2.48 bits per heavy atom. The second-order valence-corrected chi connectivity index (χ2v) is 5.95. The number of carbonyl (C=O) groups excluding carboxylic acids is 1. The topological polar surface area (TPSA) is 69.6 Å². The summed E-state index contributed by atoms with van der Waals surface area (Å²) in [6.07, 6.45) is 3.14. The number of carboxylic acids is 1. The van der Waals surface area contributed by atoms with Gasteiger partial charge in [-0.3, -0.25) is 4.79 Å². The molecule has 2 amide bonds. The predicted molar refractivity (Wildman–Crippen MR) is 78.1 cm³/mol. The summed E-state index contributed by atoms with van der Waals surface area (Å²) in [7, 11) is 0. The van der Waals surface area contributed by atoms with Gasteiger partial charge < -0.3 is 15.3 Å². The number of aliphatic carboxylic acids is 1. The van der Waals surface area contributed by atoms with Crippen molar-refractivity contribution in [1.29, 1.82) is 0 Å². The van der Waals surface area contributed by atoms with E-state index in [9.17, 15) is 9.59 Å². The molecule has 3 rings (SSSR count). The van der Waals surface area contributed by atoms with Crippen LogP contribution >= 0.6 is 0 Å². The van der Waals surface area contributed by atoms with Crippen molar-refractivity contribution in [3.63, 3.8) is 0 Å². The van der Waals surface area contributed by atoms with Gasteiger partial charge in [-0.15, -0.1) is 0 Å². The number of fused-ring (bicyclic) bond motifs is 1.